The first-order valence-electron chi connectivity index (χ1n) is 7.47. The van der Waals surface area contributed by atoms with Crippen LogP contribution in [-0.4, -0.2) is 40.5 Å². The van der Waals surface area contributed by atoms with Crippen LogP contribution in [0.25, 0.3) is 0 Å². The average Bonchev–Trinajstić information content (AvgIpc) is 2.78. The molecule has 2 aliphatic rings. The molecule has 1 saturated carbocycles. The number of halogens is 1. The lowest BCUT2D eigenvalue weighted by Crippen LogP contribution is -2.63. The molecule has 0 aromatic carbocycles. The lowest BCUT2D eigenvalue weighted by atomic mass is 9.79. The Bertz CT molecular complexity index is 497. The highest BCUT2D eigenvalue weighted by Gasteiger charge is 2.42. The Morgan fingerprint density at radius 3 is 2.75 bits per heavy atom. The van der Waals surface area contributed by atoms with Crippen LogP contribution in [-0.2, 0) is 7.05 Å². The maximum atomic E-state index is 13.0. The molecule has 0 radical (unpaired) electrons. The van der Waals surface area contributed by atoms with Crippen LogP contribution in [0, 0.1) is 0 Å². The third-order valence-electron chi connectivity index (χ3n) is 4.76. The summed E-state index contributed by atoms with van der Waals surface area (Å²) >= 11 is 3.46. The van der Waals surface area contributed by atoms with E-state index in [1.165, 1.54) is 19.3 Å². The number of amides is 1. The summed E-state index contributed by atoms with van der Waals surface area (Å²) in [5.41, 5.74) is 0.827. The van der Waals surface area contributed by atoms with Gasteiger partial charge in [-0.3, -0.25) is 4.79 Å². The number of rotatable bonds is 1. The predicted octanol–water partition coefficient (Wildman–Crippen LogP) is 2.54. The minimum atomic E-state index is 0.0460. The summed E-state index contributed by atoms with van der Waals surface area (Å²) < 4.78 is 2.89. The van der Waals surface area contributed by atoms with Crippen LogP contribution in [0.3, 0.4) is 0 Å². The van der Waals surface area contributed by atoms with E-state index in [1.807, 2.05) is 23.9 Å². The molecule has 3 rings (SSSR count). The maximum absolute atomic E-state index is 13.0. The summed E-state index contributed by atoms with van der Waals surface area (Å²) in [4.78, 5) is 15.1. The van der Waals surface area contributed by atoms with E-state index < -0.39 is 0 Å². The fourth-order valence-electron chi connectivity index (χ4n) is 3.69. The molecule has 1 aromatic rings. The van der Waals surface area contributed by atoms with Crippen molar-refractivity contribution in [2.45, 2.75) is 37.6 Å². The summed E-state index contributed by atoms with van der Waals surface area (Å²) in [5.74, 6) is 0.182. The van der Waals surface area contributed by atoms with Gasteiger partial charge in [-0.15, -0.1) is 0 Å². The first kappa shape index (κ1) is 14.1. The van der Waals surface area contributed by atoms with Crippen LogP contribution in [0.4, 0.5) is 0 Å². The van der Waals surface area contributed by atoms with E-state index in [9.17, 15) is 4.79 Å². The van der Waals surface area contributed by atoms with Crippen molar-refractivity contribution in [1.29, 1.82) is 0 Å². The second-order valence-corrected chi connectivity index (χ2v) is 6.99. The maximum Gasteiger partial charge on any atom is 0.271 e. The van der Waals surface area contributed by atoms with Crippen molar-refractivity contribution in [2.75, 3.05) is 19.6 Å². The smallest absolute Gasteiger partial charge is 0.271 e. The molecule has 0 atom stereocenters. The molecule has 1 saturated heterocycles. The minimum absolute atomic E-state index is 0.0460. The number of nitrogens with one attached hydrogen (secondary N) is 1. The van der Waals surface area contributed by atoms with Crippen LogP contribution in [0.15, 0.2) is 16.7 Å². The number of carbonyl (C=O) groups is 1. The molecule has 0 unspecified atom stereocenters. The largest absolute Gasteiger partial charge is 0.345 e. The molecule has 1 aliphatic carbocycles. The number of aromatic nitrogens is 1. The third-order valence-corrected chi connectivity index (χ3v) is 5.19. The molecule has 20 heavy (non-hydrogen) atoms. The van der Waals surface area contributed by atoms with Crippen molar-refractivity contribution in [3.8, 4) is 0 Å². The monoisotopic (exact) mass is 339 g/mol. The topological polar surface area (TPSA) is 37.3 Å². The minimum Gasteiger partial charge on any atom is -0.345 e. The quantitative estimate of drug-likeness (QED) is 0.853. The summed E-state index contributed by atoms with van der Waals surface area (Å²) in [5, 5.41) is 3.49. The Kier molecular flexibility index (Phi) is 3.91. The van der Waals surface area contributed by atoms with Crippen LogP contribution in [0.5, 0.6) is 0 Å². The number of hydrogen-bond acceptors (Lipinski definition) is 2. The SMILES string of the molecule is Cn1cc(Br)cc1C(=O)N1CCNCC12CCCCC2. The van der Waals surface area contributed by atoms with Gasteiger partial charge in [-0.05, 0) is 34.8 Å². The van der Waals surface area contributed by atoms with Gasteiger partial charge in [-0.25, -0.2) is 0 Å². The van der Waals surface area contributed by atoms with Crippen molar-refractivity contribution in [1.82, 2.24) is 14.8 Å². The van der Waals surface area contributed by atoms with E-state index in [4.69, 9.17) is 0 Å². The van der Waals surface area contributed by atoms with E-state index in [0.717, 1.165) is 42.6 Å². The second-order valence-electron chi connectivity index (χ2n) is 6.07. The zero-order chi connectivity index (χ0) is 14.2. The molecule has 1 amide bonds. The molecule has 110 valence electrons. The van der Waals surface area contributed by atoms with Gasteiger partial charge in [0.1, 0.15) is 5.69 Å². The van der Waals surface area contributed by atoms with Crippen LogP contribution >= 0.6 is 15.9 Å². The molecule has 1 spiro atoms. The number of piperazine rings is 1. The molecule has 1 N–H and O–H groups in total. The zero-order valence-electron chi connectivity index (χ0n) is 12.0. The van der Waals surface area contributed by atoms with Gasteiger partial charge in [0.2, 0.25) is 0 Å². The third kappa shape index (κ3) is 2.42. The van der Waals surface area contributed by atoms with Gasteiger partial charge in [0, 0.05) is 37.4 Å². The van der Waals surface area contributed by atoms with Gasteiger partial charge in [0.15, 0.2) is 0 Å². The first-order chi connectivity index (χ1) is 9.62. The van der Waals surface area contributed by atoms with Crippen molar-refractivity contribution in [3.05, 3.63) is 22.4 Å². The molecule has 0 bridgehead atoms. The van der Waals surface area contributed by atoms with Crippen molar-refractivity contribution in [2.24, 2.45) is 7.05 Å². The standard InChI is InChI=1S/C15H22BrN3O/c1-18-10-12(16)9-13(18)14(20)19-8-7-17-11-15(19)5-3-2-4-6-15/h9-10,17H,2-8,11H2,1H3. The van der Waals surface area contributed by atoms with Gasteiger partial charge in [0.05, 0.1) is 5.54 Å². The van der Waals surface area contributed by atoms with Crippen molar-refractivity contribution >= 4 is 21.8 Å². The summed E-state index contributed by atoms with van der Waals surface area (Å²) in [6.45, 7) is 2.67. The Hall–Kier alpha value is -0.810. The number of carbonyl (C=O) groups excluding carboxylic acids is 1. The molecule has 2 heterocycles. The summed E-state index contributed by atoms with van der Waals surface area (Å²) in [6, 6.07) is 1.93. The second kappa shape index (κ2) is 5.53. The number of aryl methyl sites for hydroxylation is 1. The summed E-state index contributed by atoms with van der Waals surface area (Å²) in [6.07, 6.45) is 8.00. The van der Waals surface area contributed by atoms with Crippen LogP contribution in [0.2, 0.25) is 0 Å². The van der Waals surface area contributed by atoms with E-state index >= 15 is 0 Å². The van der Waals surface area contributed by atoms with Gasteiger partial charge in [-0.1, -0.05) is 19.3 Å². The summed E-state index contributed by atoms with van der Waals surface area (Å²) in [7, 11) is 1.94. The molecule has 5 heteroatoms. The van der Waals surface area contributed by atoms with E-state index in [0.29, 0.717) is 0 Å². The van der Waals surface area contributed by atoms with E-state index in [2.05, 4.69) is 26.1 Å². The molecule has 1 aliphatic heterocycles. The van der Waals surface area contributed by atoms with Gasteiger partial charge < -0.3 is 14.8 Å². The van der Waals surface area contributed by atoms with Crippen LogP contribution in [0.1, 0.15) is 42.6 Å². The Balaban J connectivity index is 1.89. The van der Waals surface area contributed by atoms with Crippen LogP contribution < -0.4 is 5.32 Å². The zero-order valence-corrected chi connectivity index (χ0v) is 13.6. The molecular weight excluding hydrogens is 318 g/mol. The van der Waals surface area contributed by atoms with Gasteiger partial charge >= 0.3 is 0 Å². The highest BCUT2D eigenvalue weighted by Crippen LogP contribution is 2.35. The molecule has 4 nitrogen and oxygen atoms in total. The fourth-order valence-corrected chi connectivity index (χ4v) is 4.22. The lowest BCUT2D eigenvalue weighted by Gasteiger charge is -2.49. The first-order valence-corrected chi connectivity index (χ1v) is 8.26. The number of nitrogens with zero attached hydrogens (tertiary/aromatic N) is 2. The average molecular weight is 340 g/mol. The normalized spacial score (nSPS) is 22.2. The Labute approximate surface area is 128 Å². The van der Waals surface area contributed by atoms with Crippen molar-refractivity contribution in [3.63, 3.8) is 0 Å². The molecular formula is C15H22BrN3O. The van der Waals surface area contributed by atoms with E-state index in [1.54, 1.807) is 0 Å². The lowest BCUT2D eigenvalue weighted by molar-refractivity contribution is 0.0214. The highest BCUT2D eigenvalue weighted by molar-refractivity contribution is 9.10. The van der Waals surface area contributed by atoms with Gasteiger partial charge in [0.25, 0.3) is 5.91 Å². The van der Waals surface area contributed by atoms with Gasteiger partial charge in [-0.2, -0.15) is 0 Å². The highest BCUT2D eigenvalue weighted by atomic mass is 79.9. The van der Waals surface area contributed by atoms with Crippen molar-refractivity contribution < 1.29 is 4.79 Å². The number of hydrogen-bond donors (Lipinski definition) is 1. The van der Waals surface area contributed by atoms with E-state index in [-0.39, 0.29) is 11.4 Å². The Morgan fingerprint density at radius 2 is 2.10 bits per heavy atom. The molecule has 1 aromatic heterocycles. The molecule has 2 fully saturated rings. The Morgan fingerprint density at radius 1 is 1.35 bits per heavy atom. The fraction of sp³-hybridized carbons (Fsp3) is 0.667. The predicted molar refractivity (Wildman–Crippen MR) is 82.8 cm³/mol.